The molecule has 2 amide bonds. The zero-order valence-corrected chi connectivity index (χ0v) is 16.7. The van der Waals surface area contributed by atoms with Crippen LogP contribution >= 0.6 is 0 Å². The number of amides is 2. The van der Waals surface area contributed by atoms with E-state index >= 15 is 0 Å². The number of ether oxygens (including phenoxy) is 1. The third kappa shape index (κ3) is 6.08. The first kappa shape index (κ1) is 21.4. The van der Waals surface area contributed by atoms with E-state index in [1.807, 2.05) is 26.0 Å². The first-order valence-electron chi connectivity index (χ1n) is 9.27. The molecule has 2 aromatic carbocycles. The third-order valence-electron chi connectivity index (χ3n) is 4.38. The fourth-order valence-corrected chi connectivity index (χ4v) is 2.79. The molecule has 6 heteroatoms. The summed E-state index contributed by atoms with van der Waals surface area (Å²) in [6.45, 7) is 5.66. The molecule has 0 saturated carbocycles. The van der Waals surface area contributed by atoms with Gasteiger partial charge in [0, 0.05) is 12.6 Å². The average molecular weight is 386 g/mol. The molecular formula is C22H27FN2O3. The van der Waals surface area contributed by atoms with Crippen molar-refractivity contribution in [1.82, 2.24) is 10.2 Å². The van der Waals surface area contributed by atoms with Crippen molar-refractivity contribution in [2.45, 2.75) is 45.8 Å². The standard InChI is InChI=1S/C22H27FN2O3/c1-15(2)24-22(27)16(3)25(14-18-5-9-19(23)10-6-18)21(26)13-17-7-11-20(28-4)12-8-17/h5-12,15-16H,13-14H2,1-4H3,(H,24,27). The zero-order valence-electron chi connectivity index (χ0n) is 16.7. The molecule has 28 heavy (non-hydrogen) atoms. The van der Waals surface area contributed by atoms with Crippen LogP contribution in [0.15, 0.2) is 48.5 Å². The van der Waals surface area contributed by atoms with E-state index in [2.05, 4.69) is 5.32 Å². The van der Waals surface area contributed by atoms with Crippen LogP contribution in [0.3, 0.4) is 0 Å². The predicted molar refractivity (Wildman–Crippen MR) is 106 cm³/mol. The molecule has 0 aromatic heterocycles. The second-order valence-electron chi connectivity index (χ2n) is 7.01. The van der Waals surface area contributed by atoms with Gasteiger partial charge in [0.2, 0.25) is 11.8 Å². The molecule has 0 aliphatic rings. The van der Waals surface area contributed by atoms with E-state index in [0.29, 0.717) is 5.75 Å². The molecule has 2 aromatic rings. The molecule has 5 nitrogen and oxygen atoms in total. The fraction of sp³-hybridized carbons (Fsp3) is 0.364. The summed E-state index contributed by atoms with van der Waals surface area (Å²) < 4.78 is 18.3. The Bertz CT molecular complexity index is 788. The van der Waals surface area contributed by atoms with Gasteiger partial charge in [-0.25, -0.2) is 4.39 Å². The monoisotopic (exact) mass is 386 g/mol. The van der Waals surface area contributed by atoms with Gasteiger partial charge in [-0.15, -0.1) is 0 Å². The molecule has 150 valence electrons. The van der Waals surface area contributed by atoms with Crippen molar-refractivity contribution >= 4 is 11.8 Å². The Morgan fingerprint density at radius 3 is 2.11 bits per heavy atom. The smallest absolute Gasteiger partial charge is 0.242 e. The van der Waals surface area contributed by atoms with E-state index in [4.69, 9.17) is 4.74 Å². The van der Waals surface area contributed by atoms with Gasteiger partial charge in [-0.1, -0.05) is 24.3 Å². The SMILES string of the molecule is COc1ccc(CC(=O)N(Cc2ccc(F)cc2)C(C)C(=O)NC(C)C)cc1. The lowest BCUT2D eigenvalue weighted by atomic mass is 10.1. The Balaban J connectivity index is 2.20. The van der Waals surface area contributed by atoms with Gasteiger partial charge in [0.25, 0.3) is 0 Å². The lowest BCUT2D eigenvalue weighted by Crippen LogP contribution is -2.49. The summed E-state index contributed by atoms with van der Waals surface area (Å²) in [7, 11) is 1.58. The normalized spacial score (nSPS) is 11.8. The Hall–Kier alpha value is -2.89. The number of nitrogens with zero attached hydrogens (tertiary/aromatic N) is 1. The van der Waals surface area contributed by atoms with E-state index in [-0.39, 0.29) is 36.6 Å². The number of benzene rings is 2. The van der Waals surface area contributed by atoms with E-state index in [1.54, 1.807) is 38.3 Å². The number of halogens is 1. The third-order valence-corrected chi connectivity index (χ3v) is 4.38. The Morgan fingerprint density at radius 2 is 1.57 bits per heavy atom. The number of hydrogen-bond donors (Lipinski definition) is 1. The zero-order chi connectivity index (χ0) is 20.7. The van der Waals surface area contributed by atoms with Crippen LogP contribution in [-0.2, 0) is 22.6 Å². The molecule has 0 aliphatic heterocycles. The predicted octanol–water partition coefficient (Wildman–Crippen LogP) is 3.32. The first-order chi connectivity index (χ1) is 13.3. The van der Waals surface area contributed by atoms with Crippen LogP contribution < -0.4 is 10.1 Å². The van der Waals surface area contributed by atoms with Gasteiger partial charge in [-0.05, 0) is 56.2 Å². The maximum absolute atomic E-state index is 13.2. The molecule has 1 N–H and O–H groups in total. The largest absolute Gasteiger partial charge is 0.497 e. The van der Waals surface area contributed by atoms with Crippen molar-refractivity contribution in [3.63, 3.8) is 0 Å². The molecule has 0 spiro atoms. The van der Waals surface area contributed by atoms with Gasteiger partial charge in [-0.3, -0.25) is 9.59 Å². The van der Waals surface area contributed by atoms with E-state index in [9.17, 15) is 14.0 Å². The number of methoxy groups -OCH3 is 1. The fourth-order valence-electron chi connectivity index (χ4n) is 2.79. The van der Waals surface area contributed by atoms with Crippen LogP contribution in [0.25, 0.3) is 0 Å². The van der Waals surface area contributed by atoms with Crippen molar-refractivity contribution in [3.8, 4) is 5.75 Å². The molecule has 0 heterocycles. The van der Waals surface area contributed by atoms with Crippen molar-refractivity contribution in [2.75, 3.05) is 7.11 Å². The Labute approximate surface area is 165 Å². The average Bonchev–Trinajstić information content (AvgIpc) is 2.67. The summed E-state index contributed by atoms with van der Waals surface area (Å²) >= 11 is 0. The Kier molecular flexibility index (Phi) is 7.55. The van der Waals surface area contributed by atoms with Crippen molar-refractivity contribution in [3.05, 3.63) is 65.5 Å². The number of carbonyl (C=O) groups is 2. The Morgan fingerprint density at radius 1 is 1.00 bits per heavy atom. The van der Waals surface area contributed by atoms with Crippen LogP contribution in [0, 0.1) is 5.82 Å². The van der Waals surface area contributed by atoms with Crippen molar-refractivity contribution in [1.29, 1.82) is 0 Å². The minimum atomic E-state index is -0.654. The number of carbonyl (C=O) groups excluding carboxylic acids is 2. The molecule has 1 atom stereocenters. The van der Waals surface area contributed by atoms with Crippen LogP contribution in [0.2, 0.25) is 0 Å². The van der Waals surface area contributed by atoms with Crippen LogP contribution in [-0.4, -0.2) is 35.9 Å². The second kappa shape index (κ2) is 9.88. The highest BCUT2D eigenvalue weighted by Gasteiger charge is 2.26. The first-order valence-corrected chi connectivity index (χ1v) is 9.27. The molecule has 2 rings (SSSR count). The quantitative estimate of drug-likeness (QED) is 0.757. The summed E-state index contributed by atoms with van der Waals surface area (Å²) in [5.74, 6) is -0.0319. The van der Waals surface area contributed by atoms with E-state index in [1.165, 1.54) is 17.0 Å². The molecular weight excluding hydrogens is 359 g/mol. The molecule has 0 radical (unpaired) electrons. The van der Waals surface area contributed by atoms with Gasteiger partial charge in [-0.2, -0.15) is 0 Å². The molecule has 0 bridgehead atoms. The number of nitrogens with one attached hydrogen (secondary N) is 1. The topological polar surface area (TPSA) is 58.6 Å². The van der Waals surface area contributed by atoms with Gasteiger partial charge in [0.15, 0.2) is 0 Å². The van der Waals surface area contributed by atoms with Crippen molar-refractivity contribution < 1.29 is 18.7 Å². The molecule has 0 saturated heterocycles. The molecule has 1 unspecified atom stereocenters. The highest BCUT2D eigenvalue weighted by atomic mass is 19.1. The maximum atomic E-state index is 13.2. The summed E-state index contributed by atoms with van der Waals surface area (Å²) in [5, 5.41) is 2.84. The van der Waals surface area contributed by atoms with Gasteiger partial charge < -0.3 is 15.0 Å². The summed E-state index contributed by atoms with van der Waals surface area (Å²) in [4.78, 5) is 27.0. The highest BCUT2D eigenvalue weighted by Crippen LogP contribution is 2.16. The van der Waals surface area contributed by atoms with Crippen LogP contribution in [0.5, 0.6) is 5.75 Å². The van der Waals surface area contributed by atoms with Crippen LogP contribution in [0.4, 0.5) is 4.39 Å². The van der Waals surface area contributed by atoms with Crippen molar-refractivity contribution in [2.24, 2.45) is 0 Å². The molecule has 0 aliphatic carbocycles. The summed E-state index contributed by atoms with van der Waals surface area (Å²) in [5.41, 5.74) is 1.58. The highest BCUT2D eigenvalue weighted by molar-refractivity contribution is 5.88. The molecule has 0 fully saturated rings. The summed E-state index contributed by atoms with van der Waals surface area (Å²) in [6.07, 6.45) is 0.157. The van der Waals surface area contributed by atoms with Crippen LogP contribution in [0.1, 0.15) is 31.9 Å². The van der Waals surface area contributed by atoms with E-state index < -0.39 is 6.04 Å². The lowest BCUT2D eigenvalue weighted by Gasteiger charge is -2.29. The minimum Gasteiger partial charge on any atom is -0.497 e. The van der Waals surface area contributed by atoms with E-state index in [0.717, 1.165) is 11.1 Å². The maximum Gasteiger partial charge on any atom is 0.242 e. The van der Waals surface area contributed by atoms with Gasteiger partial charge in [0.05, 0.1) is 13.5 Å². The second-order valence-corrected chi connectivity index (χ2v) is 7.01. The number of hydrogen-bond acceptors (Lipinski definition) is 3. The van der Waals surface area contributed by atoms with Gasteiger partial charge in [0.1, 0.15) is 17.6 Å². The number of rotatable bonds is 8. The summed E-state index contributed by atoms with van der Waals surface area (Å²) in [6, 6.07) is 12.5. The minimum absolute atomic E-state index is 0.0284. The lowest BCUT2D eigenvalue weighted by molar-refractivity contribution is -0.140. The van der Waals surface area contributed by atoms with Gasteiger partial charge >= 0.3 is 0 Å².